The highest BCUT2D eigenvalue weighted by molar-refractivity contribution is 7.98. The van der Waals surface area contributed by atoms with Gasteiger partial charge in [0.05, 0.1) is 0 Å². The van der Waals surface area contributed by atoms with Gasteiger partial charge in [0.15, 0.2) is 16.6 Å². The fraction of sp³-hybridized carbons (Fsp3) is 0.294. The van der Waals surface area contributed by atoms with Crippen LogP contribution in [0.25, 0.3) is 5.65 Å². The van der Waals surface area contributed by atoms with E-state index in [0.717, 1.165) is 36.9 Å². The van der Waals surface area contributed by atoms with Crippen LogP contribution in [0, 0.1) is 11.3 Å². The third-order valence-corrected chi connectivity index (χ3v) is 5.07. The summed E-state index contributed by atoms with van der Waals surface area (Å²) in [4.78, 5) is 6.94. The lowest BCUT2D eigenvalue weighted by molar-refractivity contribution is 0.767. The van der Waals surface area contributed by atoms with Crippen molar-refractivity contribution in [2.24, 2.45) is 0 Å². The van der Waals surface area contributed by atoms with E-state index < -0.39 is 0 Å². The summed E-state index contributed by atoms with van der Waals surface area (Å²) in [5.74, 6) is 0.718. The molecule has 0 unspecified atom stereocenters. The van der Waals surface area contributed by atoms with Crippen molar-refractivity contribution in [2.45, 2.75) is 18.0 Å². The predicted octanol–water partition coefficient (Wildman–Crippen LogP) is 2.32. The average molecular weight is 336 g/mol. The Labute approximate surface area is 144 Å². The zero-order valence-electron chi connectivity index (χ0n) is 13.3. The quantitative estimate of drug-likeness (QED) is 0.528. The Bertz CT molecular complexity index is 915. The molecule has 0 radical (unpaired) electrons. The van der Waals surface area contributed by atoms with E-state index in [2.05, 4.69) is 45.4 Å². The molecule has 0 spiro atoms. The Kier molecular flexibility index (Phi) is 3.82. The van der Waals surface area contributed by atoms with Gasteiger partial charge in [-0.3, -0.25) is 4.40 Å². The lowest BCUT2D eigenvalue weighted by atomic mass is 10.0. The molecule has 3 heterocycles. The molecule has 1 aromatic carbocycles. The van der Waals surface area contributed by atoms with Gasteiger partial charge < -0.3 is 4.90 Å². The summed E-state index contributed by atoms with van der Waals surface area (Å²) in [6.07, 6.45) is 5.48. The van der Waals surface area contributed by atoms with Crippen LogP contribution in [0.15, 0.2) is 35.7 Å². The van der Waals surface area contributed by atoms with E-state index in [1.54, 1.807) is 10.7 Å². The summed E-state index contributed by atoms with van der Waals surface area (Å²) in [7, 11) is 0. The number of benzene rings is 1. The topological polar surface area (TPSA) is 70.1 Å². The molecule has 1 aliphatic heterocycles. The number of hydrogen-bond acceptors (Lipinski definition) is 6. The van der Waals surface area contributed by atoms with E-state index in [9.17, 15) is 5.26 Å². The summed E-state index contributed by atoms with van der Waals surface area (Å²) in [5.41, 5.74) is 3.84. The molecular formula is C17H16N6S. The summed E-state index contributed by atoms with van der Waals surface area (Å²) in [6, 6.07) is 10.8. The van der Waals surface area contributed by atoms with Crippen LogP contribution in [0.4, 0.5) is 5.82 Å². The summed E-state index contributed by atoms with van der Waals surface area (Å²) < 4.78 is 1.78. The molecule has 1 aliphatic rings. The SMILES string of the molecule is CSc1nc(N2CCc3ccccc3CC2)c(C#N)c2nncn12. The Balaban J connectivity index is 1.78. The molecule has 0 atom stereocenters. The minimum Gasteiger partial charge on any atom is -0.355 e. The second kappa shape index (κ2) is 6.13. The molecule has 0 saturated carbocycles. The zero-order chi connectivity index (χ0) is 16.5. The van der Waals surface area contributed by atoms with Crippen molar-refractivity contribution in [3.05, 3.63) is 47.3 Å². The second-order valence-electron chi connectivity index (χ2n) is 5.69. The molecule has 0 fully saturated rings. The number of hydrogen-bond donors (Lipinski definition) is 0. The lowest BCUT2D eigenvalue weighted by Crippen LogP contribution is -2.28. The van der Waals surface area contributed by atoms with Gasteiger partial charge in [0.25, 0.3) is 0 Å². The number of anilines is 1. The minimum atomic E-state index is 0.497. The summed E-state index contributed by atoms with van der Waals surface area (Å²) in [5, 5.41) is 18.5. The van der Waals surface area contributed by atoms with Crippen molar-refractivity contribution >= 4 is 23.2 Å². The zero-order valence-corrected chi connectivity index (χ0v) is 14.1. The monoisotopic (exact) mass is 336 g/mol. The van der Waals surface area contributed by atoms with Gasteiger partial charge >= 0.3 is 0 Å². The first-order chi connectivity index (χ1) is 11.8. The van der Waals surface area contributed by atoms with Gasteiger partial charge in [-0.05, 0) is 30.2 Å². The standard InChI is InChI=1S/C17H16N6S/c1-24-17-20-15(14(10-18)16-21-19-11-23(16)17)22-8-6-12-4-2-3-5-13(12)7-9-22/h2-5,11H,6-9H2,1H3. The minimum absolute atomic E-state index is 0.497. The number of rotatable bonds is 2. The largest absolute Gasteiger partial charge is 0.355 e. The molecule has 3 aromatic rings. The highest BCUT2D eigenvalue weighted by atomic mass is 32.2. The van der Waals surface area contributed by atoms with Gasteiger partial charge in [0, 0.05) is 13.1 Å². The van der Waals surface area contributed by atoms with Crippen molar-refractivity contribution < 1.29 is 0 Å². The Morgan fingerprint density at radius 1 is 1.17 bits per heavy atom. The predicted molar refractivity (Wildman–Crippen MR) is 93.3 cm³/mol. The number of nitriles is 1. The van der Waals surface area contributed by atoms with Crippen LogP contribution in [-0.2, 0) is 12.8 Å². The van der Waals surface area contributed by atoms with Crippen LogP contribution in [0.2, 0.25) is 0 Å². The number of thioether (sulfide) groups is 1. The van der Waals surface area contributed by atoms with E-state index in [1.165, 1.54) is 22.9 Å². The van der Waals surface area contributed by atoms with Crippen LogP contribution in [0.5, 0.6) is 0 Å². The smallest absolute Gasteiger partial charge is 0.184 e. The number of aromatic nitrogens is 4. The van der Waals surface area contributed by atoms with Crippen molar-refractivity contribution in [1.82, 2.24) is 19.6 Å². The lowest BCUT2D eigenvalue weighted by Gasteiger charge is -2.23. The molecule has 24 heavy (non-hydrogen) atoms. The summed E-state index contributed by atoms with van der Waals surface area (Å²) in [6.45, 7) is 1.69. The Morgan fingerprint density at radius 2 is 1.88 bits per heavy atom. The molecule has 7 heteroatoms. The van der Waals surface area contributed by atoms with Crippen LogP contribution in [0.3, 0.4) is 0 Å². The van der Waals surface area contributed by atoms with Crippen LogP contribution < -0.4 is 4.90 Å². The van der Waals surface area contributed by atoms with Crippen LogP contribution in [-0.4, -0.2) is 38.9 Å². The van der Waals surface area contributed by atoms with Gasteiger partial charge in [0.1, 0.15) is 18.0 Å². The van der Waals surface area contributed by atoms with Gasteiger partial charge in [-0.25, -0.2) is 4.98 Å². The van der Waals surface area contributed by atoms with Gasteiger partial charge in [-0.1, -0.05) is 36.0 Å². The van der Waals surface area contributed by atoms with Gasteiger partial charge in [0.2, 0.25) is 0 Å². The first-order valence-corrected chi connectivity index (χ1v) is 9.04. The highest BCUT2D eigenvalue weighted by Crippen LogP contribution is 2.27. The van der Waals surface area contributed by atoms with Gasteiger partial charge in [-0.2, -0.15) is 5.26 Å². The van der Waals surface area contributed by atoms with Crippen molar-refractivity contribution in [2.75, 3.05) is 24.2 Å². The maximum absolute atomic E-state index is 9.67. The Hall–Kier alpha value is -2.59. The first-order valence-electron chi connectivity index (χ1n) is 7.81. The fourth-order valence-corrected chi connectivity index (χ4v) is 3.71. The molecule has 0 amide bonds. The number of nitrogens with zero attached hydrogens (tertiary/aromatic N) is 6. The molecule has 0 N–H and O–H groups in total. The van der Waals surface area contributed by atoms with Gasteiger partial charge in [-0.15, -0.1) is 10.2 Å². The third-order valence-electron chi connectivity index (χ3n) is 4.42. The molecule has 0 bridgehead atoms. The van der Waals surface area contributed by atoms with E-state index >= 15 is 0 Å². The van der Waals surface area contributed by atoms with Crippen LogP contribution >= 0.6 is 11.8 Å². The fourth-order valence-electron chi connectivity index (χ4n) is 3.20. The summed E-state index contributed by atoms with van der Waals surface area (Å²) >= 11 is 1.53. The molecule has 0 saturated heterocycles. The molecule has 4 rings (SSSR count). The third kappa shape index (κ3) is 2.39. The van der Waals surface area contributed by atoms with E-state index in [-0.39, 0.29) is 0 Å². The Morgan fingerprint density at radius 3 is 2.50 bits per heavy atom. The molecular weight excluding hydrogens is 320 g/mol. The molecule has 2 aromatic heterocycles. The average Bonchev–Trinajstić information content (AvgIpc) is 3.01. The first kappa shape index (κ1) is 15.0. The van der Waals surface area contributed by atoms with E-state index in [4.69, 9.17) is 4.98 Å². The maximum Gasteiger partial charge on any atom is 0.184 e. The van der Waals surface area contributed by atoms with E-state index in [1.807, 2.05) is 6.26 Å². The maximum atomic E-state index is 9.67. The normalized spacial score (nSPS) is 14.2. The van der Waals surface area contributed by atoms with Crippen molar-refractivity contribution in [1.29, 1.82) is 5.26 Å². The number of fused-ring (bicyclic) bond motifs is 2. The molecule has 6 nitrogen and oxygen atoms in total. The second-order valence-corrected chi connectivity index (χ2v) is 6.46. The van der Waals surface area contributed by atoms with Crippen LogP contribution in [0.1, 0.15) is 16.7 Å². The van der Waals surface area contributed by atoms with E-state index in [0.29, 0.717) is 11.2 Å². The van der Waals surface area contributed by atoms with Crippen molar-refractivity contribution in [3.63, 3.8) is 0 Å². The van der Waals surface area contributed by atoms with Crippen molar-refractivity contribution in [3.8, 4) is 6.07 Å². The molecule has 120 valence electrons. The highest BCUT2D eigenvalue weighted by Gasteiger charge is 2.22. The molecule has 0 aliphatic carbocycles.